The van der Waals surface area contributed by atoms with Crippen molar-refractivity contribution in [3.05, 3.63) is 93.6 Å². The lowest BCUT2D eigenvalue weighted by Gasteiger charge is -2.09. The number of thiophene rings is 2. The number of rotatable bonds is 6. The third-order valence-electron chi connectivity index (χ3n) is 5.05. The Morgan fingerprint density at radius 3 is 2.12 bits per heavy atom. The quantitative estimate of drug-likeness (QED) is 0.297. The van der Waals surface area contributed by atoms with Crippen molar-refractivity contribution in [3.63, 3.8) is 0 Å². The third-order valence-corrected chi connectivity index (χ3v) is 7.05. The zero-order chi connectivity index (χ0) is 21.9. The van der Waals surface area contributed by atoms with Crippen LogP contribution in [0.3, 0.4) is 0 Å². The van der Waals surface area contributed by atoms with E-state index in [4.69, 9.17) is 21.6 Å². The summed E-state index contributed by atoms with van der Waals surface area (Å²) in [5.74, 6) is -0.123. The van der Waals surface area contributed by atoms with Gasteiger partial charge in [-0.15, -0.1) is 22.7 Å². The molecule has 1 N–H and O–H groups in total. The third kappa shape index (κ3) is 4.43. The molecule has 0 aliphatic carbocycles. The van der Waals surface area contributed by atoms with Crippen LogP contribution in [0.5, 0.6) is 0 Å². The van der Waals surface area contributed by atoms with Crippen molar-refractivity contribution in [2.75, 3.05) is 6.54 Å². The predicted octanol–water partition coefficient (Wildman–Crippen LogP) is 6.71. The van der Waals surface area contributed by atoms with E-state index in [0.717, 1.165) is 38.6 Å². The molecule has 0 fully saturated rings. The van der Waals surface area contributed by atoms with Crippen molar-refractivity contribution >= 4 is 51.2 Å². The van der Waals surface area contributed by atoms with Gasteiger partial charge in [-0.05, 0) is 65.2 Å². The van der Waals surface area contributed by atoms with Gasteiger partial charge in [0.15, 0.2) is 0 Å². The number of halogens is 1. The van der Waals surface area contributed by atoms with Crippen molar-refractivity contribution in [1.29, 1.82) is 0 Å². The first-order valence-electron chi connectivity index (χ1n) is 10.1. The molecule has 0 unspecified atom stereocenters. The number of fused-ring (bicyclic) bond motifs is 1. The maximum atomic E-state index is 12.7. The Kier molecular flexibility index (Phi) is 5.99. The molecule has 1 amide bonds. The van der Waals surface area contributed by atoms with Gasteiger partial charge in [-0.3, -0.25) is 4.79 Å². The first-order chi connectivity index (χ1) is 15.7. The molecular formula is C25H18ClN3OS2. The van der Waals surface area contributed by atoms with Gasteiger partial charge in [0.2, 0.25) is 0 Å². The maximum Gasteiger partial charge on any atom is 0.251 e. The van der Waals surface area contributed by atoms with E-state index in [1.165, 1.54) is 0 Å². The molecule has 3 heterocycles. The second kappa shape index (κ2) is 9.20. The van der Waals surface area contributed by atoms with Gasteiger partial charge in [-0.2, -0.15) is 0 Å². The summed E-state index contributed by atoms with van der Waals surface area (Å²) in [4.78, 5) is 24.7. The Labute approximate surface area is 198 Å². The smallest absolute Gasteiger partial charge is 0.251 e. The summed E-state index contributed by atoms with van der Waals surface area (Å²) in [6.07, 6.45) is 0.739. The maximum absolute atomic E-state index is 12.7. The molecule has 0 spiro atoms. The minimum atomic E-state index is -0.123. The topological polar surface area (TPSA) is 54.9 Å². The second-order valence-corrected chi connectivity index (χ2v) is 9.54. The summed E-state index contributed by atoms with van der Waals surface area (Å²) < 4.78 is 0. The van der Waals surface area contributed by atoms with Crippen LogP contribution in [0.25, 0.3) is 32.2 Å². The highest BCUT2D eigenvalue weighted by atomic mass is 35.5. The van der Waals surface area contributed by atoms with Gasteiger partial charge in [0.05, 0.1) is 20.8 Å². The molecule has 32 heavy (non-hydrogen) atoms. The van der Waals surface area contributed by atoms with Gasteiger partial charge in [-0.25, -0.2) is 9.97 Å². The van der Waals surface area contributed by atoms with Crippen molar-refractivity contribution < 1.29 is 4.79 Å². The van der Waals surface area contributed by atoms with E-state index in [1.54, 1.807) is 28.7 Å². The SMILES string of the molecule is O=C(NCCc1ccc(Cl)cc1)c1ccc2nc(-c3cccs3)c(-c3cccs3)nc2c1. The van der Waals surface area contributed by atoms with Crippen LogP contribution < -0.4 is 5.32 Å². The molecule has 4 nitrogen and oxygen atoms in total. The van der Waals surface area contributed by atoms with E-state index in [9.17, 15) is 4.79 Å². The summed E-state index contributed by atoms with van der Waals surface area (Å²) in [6, 6.07) is 21.3. The average Bonchev–Trinajstić information content (AvgIpc) is 3.53. The minimum absolute atomic E-state index is 0.123. The number of amides is 1. The molecule has 158 valence electrons. The summed E-state index contributed by atoms with van der Waals surface area (Å²) in [5.41, 5.74) is 4.89. The molecule has 0 atom stereocenters. The van der Waals surface area contributed by atoms with Crippen LogP contribution >= 0.6 is 34.3 Å². The number of carbonyl (C=O) groups is 1. The Bertz CT molecular complexity index is 1360. The normalized spacial score (nSPS) is 11.0. The Hall–Kier alpha value is -3.06. The van der Waals surface area contributed by atoms with E-state index < -0.39 is 0 Å². The monoisotopic (exact) mass is 475 g/mol. The lowest BCUT2D eigenvalue weighted by Crippen LogP contribution is -2.25. The minimum Gasteiger partial charge on any atom is -0.352 e. The van der Waals surface area contributed by atoms with Gasteiger partial charge in [-0.1, -0.05) is 35.9 Å². The Balaban J connectivity index is 1.41. The predicted molar refractivity (Wildman–Crippen MR) is 134 cm³/mol. The molecule has 3 aromatic heterocycles. The second-order valence-electron chi connectivity index (χ2n) is 7.21. The molecule has 2 aromatic carbocycles. The molecule has 0 radical (unpaired) electrons. The van der Waals surface area contributed by atoms with Crippen molar-refractivity contribution in [1.82, 2.24) is 15.3 Å². The molecule has 7 heteroatoms. The number of nitrogens with zero attached hydrogens (tertiary/aromatic N) is 2. The summed E-state index contributed by atoms with van der Waals surface area (Å²) >= 11 is 9.20. The fourth-order valence-corrected chi connectivity index (χ4v) is 4.99. The van der Waals surface area contributed by atoms with Gasteiger partial charge in [0, 0.05) is 17.1 Å². The van der Waals surface area contributed by atoms with Crippen LogP contribution in [0.2, 0.25) is 5.02 Å². The van der Waals surface area contributed by atoms with Crippen LogP contribution in [0.4, 0.5) is 0 Å². The fraction of sp³-hybridized carbons (Fsp3) is 0.0800. The largest absolute Gasteiger partial charge is 0.352 e. The summed E-state index contributed by atoms with van der Waals surface area (Å²) in [6.45, 7) is 0.544. The van der Waals surface area contributed by atoms with Gasteiger partial charge in [0.25, 0.3) is 5.91 Å². The molecular weight excluding hydrogens is 458 g/mol. The van der Waals surface area contributed by atoms with E-state index in [2.05, 4.69) is 11.4 Å². The highest BCUT2D eigenvalue weighted by molar-refractivity contribution is 7.14. The highest BCUT2D eigenvalue weighted by Gasteiger charge is 2.16. The Morgan fingerprint density at radius 1 is 0.844 bits per heavy atom. The molecule has 5 aromatic rings. The van der Waals surface area contributed by atoms with Crippen LogP contribution in [0.15, 0.2) is 77.5 Å². The molecule has 0 aliphatic rings. The van der Waals surface area contributed by atoms with Gasteiger partial charge >= 0.3 is 0 Å². The first-order valence-corrected chi connectivity index (χ1v) is 12.2. The van der Waals surface area contributed by atoms with Crippen LogP contribution in [-0.4, -0.2) is 22.4 Å². The zero-order valence-electron chi connectivity index (χ0n) is 16.9. The highest BCUT2D eigenvalue weighted by Crippen LogP contribution is 2.35. The van der Waals surface area contributed by atoms with Crippen molar-refractivity contribution in [2.24, 2.45) is 0 Å². The lowest BCUT2D eigenvalue weighted by molar-refractivity contribution is 0.0954. The number of hydrogen-bond donors (Lipinski definition) is 1. The van der Waals surface area contributed by atoms with Crippen molar-refractivity contribution in [3.8, 4) is 21.1 Å². The van der Waals surface area contributed by atoms with Crippen LogP contribution in [0, 0.1) is 0 Å². The number of hydrogen-bond acceptors (Lipinski definition) is 5. The molecule has 5 rings (SSSR count). The average molecular weight is 476 g/mol. The van der Waals surface area contributed by atoms with Crippen molar-refractivity contribution in [2.45, 2.75) is 6.42 Å². The number of benzene rings is 2. The first kappa shape index (κ1) is 20.8. The number of nitrogens with one attached hydrogen (secondary N) is 1. The molecule has 0 saturated carbocycles. The van der Waals surface area contributed by atoms with Crippen LogP contribution in [0.1, 0.15) is 15.9 Å². The molecule has 0 bridgehead atoms. The van der Waals surface area contributed by atoms with E-state index in [1.807, 2.05) is 65.4 Å². The lowest BCUT2D eigenvalue weighted by atomic mass is 10.1. The van der Waals surface area contributed by atoms with Crippen LogP contribution in [-0.2, 0) is 6.42 Å². The summed E-state index contributed by atoms with van der Waals surface area (Å²) in [7, 11) is 0. The zero-order valence-corrected chi connectivity index (χ0v) is 19.3. The summed E-state index contributed by atoms with van der Waals surface area (Å²) in [5, 5.41) is 7.76. The van der Waals surface area contributed by atoms with Gasteiger partial charge in [0.1, 0.15) is 11.4 Å². The van der Waals surface area contributed by atoms with Gasteiger partial charge < -0.3 is 5.32 Å². The standard InChI is InChI=1S/C25H18ClN3OS2/c26-18-8-5-16(6-9-18)11-12-27-25(30)17-7-10-19-20(15-17)29-24(22-4-2-14-32-22)23(28-19)21-3-1-13-31-21/h1-10,13-15H,11-12H2,(H,27,30). The number of aromatic nitrogens is 2. The Morgan fingerprint density at radius 2 is 1.50 bits per heavy atom. The van der Waals surface area contributed by atoms with E-state index in [0.29, 0.717) is 22.6 Å². The molecule has 0 aliphatic heterocycles. The fourth-order valence-electron chi connectivity index (χ4n) is 3.44. The van der Waals surface area contributed by atoms with E-state index >= 15 is 0 Å². The number of carbonyl (C=O) groups excluding carboxylic acids is 1. The molecule has 0 saturated heterocycles. The van der Waals surface area contributed by atoms with E-state index in [-0.39, 0.29) is 5.91 Å².